The van der Waals surface area contributed by atoms with E-state index < -0.39 is 0 Å². The van der Waals surface area contributed by atoms with Crippen molar-refractivity contribution in [2.75, 3.05) is 5.32 Å². The molecule has 2 aromatic carbocycles. The predicted octanol–water partition coefficient (Wildman–Crippen LogP) is 5.14. The normalized spacial score (nSPS) is 10.3. The molecular formula is C14H10BrCl2NO. The van der Waals surface area contributed by atoms with Gasteiger partial charge < -0.3 is 5.32 Å². The number of carbonyl (C=O) groups is 1. The van der Waals surface area contributed by atoms with Crippen LogP contribution in [-0.2, 0) is 5.33 Å². The zero-order valence-electron chi connectivity index (χ0n) is 9.79. The molecule has 2 aromatic rings. The summed E-state index contributed by atoms with van der Waals surface area (Å²) >= 11 is 15.1. The van der Waals surface area contributed by atoms with Crippen LogP contribution < -0.4 is 5.32 Å². The van der Waals surface area contributed by atoms with Gasteiger partial charge >= 0.3 is 0 Å². The standard InChI is InChI=1S/C14H10BrCl2NO/c15-8-10-3-1-2-4-13(10)18-14(19)9-5-6-11(16)12(17)7-9/h1-7H,8H2,(H,18,19). The molecule has 0 saturated heterocycles. The highest BCUT2D eigenvalue weighted by Crippen LogP contribution is 2.24. The van der Waals surface area contributed by atoms with Crippen LogP contribution >= 0.6 is 39.1 Å². The molecule has 0 fully saturated rings. The molecule has 0 unspecified atom stereocenters. The van der Waals surface area contributed by atoms with Gasteiger partial charge in [0.15, 0.2) is 0 Å². The van der Waals surface area contributed by atoms with Gasteiger partial charge in [-0.1, -0.05) is 57.3 Å². The van der Waals surface area contributed by atoms with Crippen molar-refractivity contribution in [2.45, 2.75) is 5.33 Å². The van der Waals surface area contributed by atoms with E-state index in [2.05, 4.69) is 21.2 Å². The fourth-order valence-corrected chi connectivity index (χ4v) is 2.38. The van der Waals surface area contributed by atoms with Gasteiger partial charge in [-0.3, -0.25) is 4.79 Å². The number of rotatable bonds is 3. The number of halogens is 3. The highest BCUT2D eigenvalue weighted by Gasteiger charge is 2.10. The minimum absolute atomic E-state index is 0.216. The summed E-state index contributed by atoms with van der Waals surface area (Å²) in [5, 5.41) is 4.32. The average Bonchev–Trinajstić information content (AvgIpc) is 2.42. The number of nitrogens with one attached hydrogen (secondary N) is 1. The lowest BCUT2D eigenvalue weighted by Gasteiger charge is -2.09. The van der Waals surface area contributed by atoms with Gasteiger partial charge in [-0.2, -0.15) is 0 Å². The molecule has 2 rings (SSSR count). The maximum Gasteiger partial charge on any atom is 0.255 e. The first-order valence-electron chi connectivity index (χ1n) is 5.52. The van der Waals surface area contributed by atoms with Crippen LogP contribution in [0.25, 0.3) is 0 Å². The predicted molar refractivity (Wildman–Crippen MR) is 83.5 cm³/mol. The smallest absolute Gasteiger partial charge is 0.255 e. The van der Waals surface area contributed by atoms with Gasteiger partial charge in [0, 0.05) is 16.6 Å². The highest BCUT2D eigenvalue weighted by molar-refractivity contribution is 9.08. The van der Waals surface area contributed by atoms with Gasteiger partial charge in [-0.05, 0) is 29.8 Å². The third-order valence-electron chi connectivity index (χ3n) is 2.59. The molecule has 0 aliphatic heterocycles. The Morgan fingerprint density at radius 3 is 2.53 bits per heavy atom. The largest absolute Gasteiger partial charge is 0.322 e. The highest BCUT2D eigenvalue weighted by atomic mass is 79.9. The molecule has 0 aliphatic rings. The van der Waals surface area contributed by atoms with Crippen molar-refractivity contribution >= 4 is 50.7 Å². The molecule has 0 bridgehead atoms. The lowest BCUT2D eigenvalue weighted by Crippen LogP contribution is -2.13. The summed E-state index contributed by atoms with van der Waals surface area (Å²) in [5.74, 6) is -0.216. The van der Waals surface area contributed by atoms with Crippen molar-refractivity contribution in [3.8, 4) is 0 Å². The number of benzene rings is 2. The summed E-state index contributed by atoms with van der Waals surface area (Å²) < 4.78 is 0. The van der Waals surface area contributed by atoms with E-state index in [4.69, 9.17) is 23.2 Å². The molecule has 0 aromatic heterocycles. The minimum Gasteiger partial charge on any atom is -0.322 e. The van der Waals surface area contributed by atoms with Crippen LogP contribution in [0.2, 0.25) is 10.0 Å². The van der Waals surface area contributed by atoms with Crippen molar-refractivity contribution in [1.82, 2.24) is 0 Å². The summed E-state index contributed by atoms with van der Waals surface area (Å²) in [6, 6.07) is 12.4. The third-order valence-corrected chi connectivity index (χ3v) is 3.93. The fourth-order valence-electron chi connectivity index (χ4n) is 1.59. The Hall–Kier alpha value is -1.03. The van der Waals surface area contributed by atoms with Crippen molar-refractivity contribution in [1.29, 1.82) is 0 Å². The van der Waals surface area contributed by atoms with Crippen molar-refractivity contribution in [3.63, 3.8) is 0 Å². The molecule has 0 atom stereocenters. The maximum atomic E-state index is 12.1. The molecule has 5 heteroatoms. The molecule has 98 valence electrons. The van der Waals surface area contributed by atoms with Gasteiger partial charge in [-0.25, -0.2) is 0 Å². The number of hydrogen-bond donors (Lipinski definition) is 1. The second kappa shape index (κ2) is 6.42. The molecule has 1 N–H and O–H groups in total. The monoisotopic (exact) mass is 357 g/mol. The maximum absolute atomic E-state index is 12.1. The van der Waals surface area contributed by atoms with Crippen LogP contribution in [-0.4, -0.2) is 5.91 Å². The molecule has 2 nitrogen and oxygen atoms in total. The Balaban J connectivity index is 2.23. The molecule has 0 aliphatic carbocycles. The van der Waals surface area contributed by atoms with Crippen molar-refractivity contribution in [3.05, 3.63) is 63.6 Å². The summed E-state index contributed by atoms with van der Waals surface area (Å²) in [5.41, 5.74) is 2.25. The summed E-state index contributed by atoms with van der Waals surface area (Å²) in [6.45, 7) is 0. The number of carbonyl (C=O) groups excluding carboxylic acids is 1. The molecule has 0 radical (unpaired) electrons. The molecule has 1 amide bonds. The zero-order valence-corrected chi connectivity index (χ0v) is 12.9. The van der Waals surface area contributed by atoms with Crippen LogP contribution in [0.15, 0.2) is 42.5 Å². The Morgan fingerprint density at radius 2 is 1.84 bits per heavy atom. The molecule has 19 heavy (non-hydrogen) atoms. The Morgan fingerprint density at radius 1 is 1.11 bits per heavy atom. The van der Waals surface area contributed by atoms with E-state index in [-0.39, 0.29) is 5.91 Å². The number of alkyl halides is 1. The molecule has 0 heterocycles. The summed E-state index contributed by atoms with van der Waals surface area (Å²) in [6.07, 6.45) is 0. The molecule has 0 saturated carbocycles. The number of hydrogen-bond acceptors (Lipinski definition) is 1. The second-order valence-corrected chi connectivity index (χ2v) is 5.25. The quantitative estimate of drug-likeness (QED) is 0.756. The van der Waals surface area contributed by atoms with E-state index in [1.807, 2.05) is 24.3 Å². The van der Waals surface area contributed by atoms with Crippen LogP contribution in [0, 0.1) is 0 Å². The summed E-state index contributed by atoms with van der Waals surface area (Å²) in [4.78, 5) is 12.1. The lowest BCUT2D eigenvalue weighted by molar-refractivity contribution is 0.102. The van der Waals surface area contributed by atoms with E-state index in [0.717, 1.165) is 11.3 Å². The Labute approximate surface area is 129 Å². The SMILES string of the molecule is O=C(Nc1ccccc1CBr)c1ccc(Cl)c(Cl)c1. The first-order valence-corrected chi connectivity index (χ1v) is 7.40. The van der Waals surface area contributed by atoms with Crippen LogP contribution in [0.1, 0.15) is 15.9 Å². The van der Waals surface area contributed by atoms with Gasteiger partial charge in [0.25, 0.3) is 5.91 Å². The lowest BCUT2D eigenvalue weighted by atomic mass is 10.1. The molecule has 0 spiro atoms. The number of para-hydroxylation sites is 1. The van der Waals surface area contributed by atoms with Crippen LogP contribution in [0.4, 0.5) is 5.69 Å². The topological polar surface area (TPSA) is 29.1 Å². The first kappa shape index (κ1) is 14.4. The van der Waals surface area contributed by atoms with Gasteiger partial charge in [0.2, 0.25) is 0 Å². The van der Waals surface area contributed by atoms with Crippen LogP contribution in [0.3, 0.4) is 0 Å². The summed E-state index contributed by atoms with van der Waals surface area (Å²) in [7, 11) is 0. The van der Waals surface area contributed by atoms with Gasteiger partial charge in [-0.15, -0.1) is 0 Å². The zero-order chi connectivity index (χ0) is 13.8. The third kappa shape index (κ3) is 3.50. The van der Waals surface area contributed by atoms with E-state index in [9.17, 15) is 4.79 Å². The first-order chi connectivity index (χ1) is 9.11. The van der Waals surface area contributed by atoms with Crippen molar-refractivity contribution < 1.29 is 4.79 Å². The van der Waals surface area contributed by atoms with E-state index in [0.29, 0.717) is 20.9 Å². The van der Waals surface area contributed by atoms with Gasteiger partial charge in [0.05, 0.1) is 10.0 Å². The fraction of sp³-hybridized carbons (Fsp3) is 0.0714. The van der Waals surface area contributed by atoms with E-state index in [1.54, 1.807) is 18.2 Å². The Bertz CT molecular complexity index is 616. The second-order valence-electron chi connectivity index (χ2n) is 3.87. The van der Waals surface area contributed by atoms with Gasteiger partial charge in [0.1, 0.15) is 0 Å². The van der Waals surface area contributed by atoms with Crippen LogP contribution in [0.5, 0.6) is 0 Å². The van der Waals surface area contributed by atoms with E-state index in [1.165, 1.54) is 0 Å². The molecular weight excluding hydrogens is 349 g/mol. The van der Waals surface area contributed by atoms with E-state index >= 15 is 0 Å². The number of anilines is 1. The number of amides is 1. The minimum atomic E-state index is -0.216. The Kier molecular flexibility index (Phi) is 4.86. The average molecular weight is 359 g/mol. The van der Waals surface area contributed by atoms with Crippen molar-refractivity contribution in [2.24, 2.45) is 0 Å².